The van der Waals surface area contributed by atoms with E-state index >= 15 is 0 Å². The molecule has 2 aromatic carbocycles. The SMILES string of the molecule is O=[N+]([O-])c1cc(Cl)ccc1COc1ccc(Br)cc1CBr. The lowest BCUT2D eigenvalue weighted by molar-refractivity contribution is -0.385. The highest BCUT2D eigenvalue weighted by atomic mass is 79.9. The summed E-state index contributed by atoms with van der Waals surface area (Å²) in [6.07, 6.45) is 0. The Morgan fingerprint density at radius 2 is 1.95 bits per heavy atom. The van der Waals surface area contributed by atoms with Crippen molar-refractivity contribution in [2.24, 2.45) is 0 Å². The second kappa shape index (κ2) is 7.24. The zero-order valence-corrected chi connectivity index (χ0v) is 14.6. The number of hydrogen-bond acceptors (Lipinski definition) is 3. The predicted molar refractivity (Wildman–Crippen MR) is 89.2 cm³/mol. The summed E-state index contributed by atoms with van der Waals surface area (Å²) >= 11 is 12.6. The highest BCUT2D eigenvalue weighted by molar-refractivity contribution is 9.10. The van der Waals surface area contributed by atoms with Crippen molar-refractivity contribution in [1.82, 2.24) is 0 Å². The number of nitro groups is 1. The van der Waals surface area contributed by atoms with E-state index in [-0.39, 0.29) is 12.3 Å². The largest absolute Gasteiger partial charge is 0.488 e. The van der Waals surface area contributed by atoms with Gasteiger partial charge < -0.3 is 4.74 Å². The Bertz CT molecular complexity index is 679. The van der Waals surface area contributed by atoms with Crippen LogP contribution < -0.4 is 4.74 Å². The van der Waals surface area contributed by atoms with Crippen LogP contribution in [0.3, 0.4) is 0 Å². The fraction of sp³-hybridized carbons (Fsp3) is 0.143. The molecule has 0 atom stereocenters. The van der Waals surface area contributed by atoms with Gasteiger partial charge in [-0.25, -0.2) is 0 Å². The Hall–Kier alpha value is -1.11. The zero-order valence-electron chi connectivity index (χ0n) is 10.7. The van der Waals surface area contributed by atoms with Gasteiger partial charge >= 0.3 is 0 Å². The van der Waals surface area contributed by atoms with E-state index in [1.54, 1.807) is 12.1 Å². The fourth-order valence-corrected chi connectivity index (χ4v) is 2.79. The van der Waals surface area contributed by atoms with Crippen LogP contribution in [0.25, 0.3) is 0 Å². The predicted octanol–water partition coefficient (Wildman–Crippen LogP) is 5.48. The summed E-state index contributed by atoms with van der Waals surface area (Å²) in [6.45, 7) is 0.106. The molecule has 0 N–H and O–H groups in total. The Balaban J connectivity index is 2.22. The molecular weight excluding hydrogens is 425 g/mol. The van der Waals surface area contributed by atoms with Gasteiger partial charge in [0.2, 0.25) is 0 Å². The van der Waals surface area contributed by atoms with E-state index in [9.17, 15) is 10.1 Å². The van der Waals surface area contributed by atoms with Crippen LogP contribution in [-0.4, -0.2) is 4.92 Å². The van der Waals surface area contributed by atoms with Crippen LogP contribution in [0.1, 0.15) is 11.1 Å². The quantitative estimate of drug-likeness (QED) is 0.355. The minimum atomic E-state index is -0.461. The van der Waals surface area contributed by atoms with Crippen molar-refractivity contribution in [3.8, 4) is 5.75 Å². The summed E-state index contributed by atoms with van der Waals surface area (Å²) in [7, 11) is 0. The summed E-state index contributed by atoms with van der Waals surface area (Å²) in [6, 6.07) is 10.2. The molecule has 0 unspecified atom stereocenters. The molecule has 110 valence electrons. The lowest BCUT2D eigenvalue weighted by Gasteiger charge is -2.11. The Morgan fingerprint density at radius 3 is 2.62 bits per heavy atom. The van der Waals surface area contributed by atoms with Crippen molar-refractivity contribution in [1.29, 1.82) is 0 Å². The first-order chi connectivity index (χ1) is 10.0. The lowest BCUT2D eigenvalue weighted by atomic mass is 10.2. The van der Waals surface area contributed by atoms with Gasteiger partial charge in [0.1, 0.15) is 12.4 Å². The highest BCUT2D eigenvalue weighted by Gasteiger charge is 2.15. The van der Waals surface area contributed by atoms with Gasteiger partial charge in [-0.05, 0) is 30.3 Å². The molecule has 0 fully saturated rings. The van der Waals surface area contributed by atoms with E-state index in [1.165, 1.54) is 6.07 Å². The topological polar surface area (TPSA) is 52.4 Å². The molecule has 0 aliphatic rings. The summed E-state index contributed by atoms with van der Waals surface area (Å²) in [5.74, 6) is 0.680. The molecule has 0 aliphatic heterocycles. The van der Waals surface area contributed by atoms with E-state index in [4.69, 9.17) is 16.3 Å². The van der Waals surface area contributed by atoms with Crippen molar-refractivity contribution in [2.45, 2.75) is 11.9 Å². The zero-order chi connectivity index (χ0) is 15.4. The van der Waals surface area contributed by atoms with Crippen molar-refractivity contribution < 1.29 is 9.66 Å². The minimum Gasteiger partial charge on any atom is -0.488 e. The van der Waals surface area contributed by atoms with Crippen molar-refractivity contribution >= 4 is 49.1 Å². The fourth-order valence-electron chi connectivity index (χ4n) is 1.78. The number of ether oxygens (including phenoxy) is 1. The Labute approximate surface area is 143 Å². The van der Waals surface area contributed by atoms with Crippen LogP contribution in [0.2, 0.25) is 5.02 Å². The maximum atomic E-state index is 11.0. The number of nitrogens with zero attached hydrogens (tertiary/aromatic N) is 1. The van der Waals surface area contributed by atoms with E-state index < -0.39 is 4.92 Å². The standard InChI is InChI=1S/C14H10Br2ClNO3/c15-7-10-5-11(16)2-4-14(10)21-8-9-1-3-12(17)6-13(9)18(19)20/h1-6H,7-8H2. The highest BCUT2D eigenvalue weighted by Crippen LogP contribution is 2.28. The third-order valence-corrected chi connectivity index (χ3v) is 4.13. The molecule has 0 spiro atoms. The number of hydrogen-bond donors (Lipinski definition) is 0. The van der Waals surface area contributed by atoms with Crippen LogP contribution in [0.5, 0.6) is 5.75 Å². The maximum absolute atomic E-state index is 11.0. The third-order valence-electron chi connectivity index (χ3n) is 2.79. The first kappa shape index (κ1) is 16.3. The molecule has 0 heterocycles. The number of rotatable bonds is 5. The van der Waals surface area contributed by atoms with Gasteiger partial charge in [0.25, 0.3) is 5.69 Å². The third kappa shape index (κ3) is 4.18. The van der Waals surface area contributed by atoms with Gasteiger partial charge in [-0.15, -0.1) is 0 Å². The van der Waals surface area contributed by atoms with Crippen LogP contribution >= 0.6 is 43.5 Å². The summed E-state index contributed by atoms with van der Waals surface area (Å²) in [4.78, 5) is 10.6. The molecule has 0 aliphatic carbocycles. The molecule has 0 bridgehead atoms. The Kier molecular flexibility index (Phi) is 5.61. The summed E-state index contributed by atoms with van der Waals surface area (Å²) in [5.41, 5.74) is 1.40. The lowest BCUT2D eigenvalue weighted by Crippen LogP contribution is -2.02. The average molecular weight is 435 g/mol. The van der Waals surface area contributed by atoms with Gasteiger partial charge in [0.15, 0.2) is 0 Å². The van der Waals surface area contributed by atoms with Gasteiger partial charge in [0, 0.05) is 26.5 Å². The molecule has 2 rings (SSSR count). The molecule has 2 aromatic rings. The molecular formula is C14H10Br2ClNO3. The molecule has 0 saturated carbocycles. The number of benzene rings is 2. The van der Waals surface area contributed by atoms with Crippen LogP contribution in [0.15, 0.2) is 40.9 Å². The molecule has 7 heteroatoms. The first-order valence-corrected chi connectivity index (χ1v) is 8.20. The van der Waals surface area contributed by atoms with E-state index in [2.05, 4.69) is 31.9 Å². The summed E-state index contributed by atoms with van der Waals surface area (Å²) in [5, 5.41) is 12.0. The molecule has 0 saturated heterocycles. The number of alkyl halides is 1. The number of nitro benzene ring substituents is 1. The van der Waals surface area contributed by atoms with Crippen LogP contribution in [0, 0.1) is 10.1 Å². The van der Waals surface area contributed by atoms with E-state index in [0.717, 1.165) is 10.0 Å². The molecule has 0 radical (unpaired) electrons. The average Bonchev–Trinajstić information content (AvgIpc) is 2.46. The van der Waals surface area contributed by atoms with Crippen molar-refractivity contribution in [2.75, 3.05) is 0 Å². The molecule has 21 heavy (non-hydrogen) atoms. The smallest absolute Gasteiger partial charge is 0.277 e. The van der Waals surface area contributed by atoms with Gasteiger partial charge in [-0.2, -0.15) is 0 Å². The van der Waals surface area contributed by atoms with Crippen molar-refractivity contribution in [3.05, 3.63) is 67.1 Å². The Morgan fingerprint density at radius 1 is 1.19 bits per heavy atom. The molecule has 0 amide bonds. The second-order valence-electron chi connectivity index (χ2n) is 4.20. The van der Waals surface area contributed by atoms with Gasteiger partial charge in [-0.1, -0.05) is 43.5 Å². The molecule has 4 nitrogen and oxygen atoms in total. The van der Waals surface area contributed by atoms with E-state index in [1.807, 2.05) is 18.2 Å². The van der Waals surface area contributed by atoms with Crippen molar-refractivity contribution in [3.63, 3.8) is 0 Å². The number of halogens is 3. The maximum Gasteiger partial charge on any atom is 0.277 e. The van der Waals surface area contributed by atoms with Gasteiger partial charge in [-0.3, -0.25) is 10.1 Å². The first-order valence-electron chi connectivity index (χ1n) is 5.91. The van der Waals surface area contributed by atoms with Crippen LogP contribution in [-0.2, 0) is 11.9 Å². The monoisotopic (exact) mass is 433 g/mol. The minimum absolute atomic E-state index is 0.0417. The normalized spacial score (nSPS) is 10.4. The molecule has 0 aromatic heterocycles. The van der Waals surface area contributed by atoms with Crippen LogP contribution in [0.4, 0.5) is 5.69 Å². The second-order valence-corrected chi connectivity index (χ2v) is 6.12. The van der Waals surface area contributed by atoms with E-state index in [0.29, 0.717) is 21.7 Å². The summed E-state index contributed by atoms with van der Waals surface area (Å²) < 4.78 is 6.65. The van der Waals surface area contributed by atoms with Gasteiger partial charge in [0.05, 0.1) is 10.5 Å².